The summed E-state index contributed by atoms with van der Waals surface area (Å²) >= 11 is 0. The van der Waals surface area contributed by atoms with Gasteiger partial charge in [0.05, 0.1) is 0 Å². The third kappa shape index (κ3) is 3.25. The molecule has 0 N–H and O–H groups in total. The first-order valence-electron chi connectivity index (χ1n) is 3.95. The largest absolute Gasteiger partial charge is 0.446 e. The molecule has 0 aliphatic carbocycles. The molecule has 1 atom stereocenters. The van der Waals surface area contributed by atoms with Crippen LogP contribution in [0, 0.1) is 0 Å². The Hall–Kier alpha value is -0.640. The summed E-state index contributed by atoms with van der Waals surface area (Å²) in [6.07, 6.45) is 0. The number of ether oxygens (including phenoxy) is 1. The zero-order valence-electron chi connectivity index (χ0n) is 8.77. The monoisotopic (exact) mass is 222 g/mol. The Kier molecular flexibility index (Phi) is 5.05. The van der Waals surface area contributed by atoms with Crippen LogP contribution in [0.15, 0.2) is 12.2 Å². The smallest absolute Gasteiger partial charge is 0.370 e. The molecule has 0 bridgehead atoms. The molecule has 0 aromatic rings. The first-order valence-corrected chi connectivity index (χ1v) is 5.56. The lowest BCUT2D eigenvalue weighted by Gasteiger charge is -2.20. The summed E-state index contributed by atoms with van der Waals surface area (Å²) in [5.74, 6) is -1.56. The van der Waals surface area contributed by atoms with Gasteiger partial charge in [-0.2, -0.15) is 0 Å². The molecule has 0 aromatic carbocycles. The molecule has 0 aliphatic heterocycles. The van der Waals surface area contributed by atoms with Crippen molar-refractivity contribution in [1.29, 1.82) is 0 Å². The van der Waals surface area contributed by atoms with E-state index in [0.29, 0.717) is 0 Å². The second kappa shape index (κ2) is 5.29. The summed E-state index contributed by atoms with van der Waals surface area (Å²) in [6.45, 7) is 6.33. The third-order valence-corrected chi connectivity index (χ3v) is 3.59. The highest BCUT2D eigenvalue weighted by Gasteiger charge is 2.33. The highest BCUT2D eigenvalue weighted by molar-refractivity contribution is 7.54. The van der Waals surface area contributed by atoms with Crippen LogP contribution in [-0.2, 0) is 23.1 Å². The standard InChI is InChI=1S/C8H15O5P/c1-6(2)8(9)13-7(3)14(10,11-4)12-5/h7H,1H2,2-5H3. The minimum Gasteiger partial charge on any atom is -0.446 e. The van der Waals surface area contributed by atoms with Crippen molar-refractivity contribution in [2.75, 3.05) is 14.2 Å². The fraction of sp³-hybridized carbons (Fsp3) is 0.625. The molecular weight excluding hydrogens is 207 g/mol. The highest BCUT2D eigenvalue weighted by Crippen LogP contribution is 2.51. The van der Waals surface area contributed by atoms with Crippen molar-refractivity contribution in [1.82, 2.24) is 0 Å². The predicted molar refractivity (Wildman–Crippen MR) is 52.0 cm³/mol. The van der Waals surface area contributed by atoms with Crippen molar-refractivity contribution in [3.8, 4) is 0 Å². The Morgan fingerprint density at radius 3 is 2.07 bits per heavy atom. The normalized spacial score (nSPS) is 13.4. The molecule has 0 spiro atoms. The molecule has 0 amide bonds. The molecule has 1 unspecified atom stereocenters. The Morgan fingerprint density at radius 1 is 1.36 bits per heavy atom. The van der Waals surface area contributed by atoms with E-state index in [2.05, 4.69) is 15.6 Å². The van der Waals surface area contributed by atoms with Crippen LogP contribution in [0.2, 0.25) is 0 Å². The lowest BCUT2D eigenvalue weighted by atomic mass is 10.4. The van der Waals surface area contributed by atoms with Gasteiger partial charge in [-0.25, -0.2) is 4.79 Å². The Morgan fingerprint density at radius 2 is 1.79 bits per heavy atom. The molecule has 0 fully saturated rings. The van der Waals surface area contributed by atoms with Crippen molar-refractivity contribution in [3.63, 3.8) is 0 Å². The van der Waals surface area contributed by atoms with Crippen LogP contribution in [0.1, 0.15) is 13.8 Å². The fourth-order valence-electron chi connectivity index (χ4n) is 0.691. The van der Waals surface area contributed by atoms with E-state index in [1.54, 1.807) is 0 Å². The van der Waals surface area contributed by atoms with Gasteiger partial charge >= 0.3 is 13.6 Å². The average Bonchev–Trinajstić information content (AvgIpc) is 2.16. The first kappa shape index (κ1) is 13.4. The number of carbonyl (C=O) groups is 1. The number of rotatable bonds is 5. The van der Waals surface area contributed by atoms with Crippen LogP contribution in [0.4, 0.5) is 0 Å². The molecule has 0 aromatic heterocycles. The van der Waals surface area contributed by atoms with Crippen LogP contribution in [-0.4, -0.2) is 26.0 Å². The summed E-state index contributed by atoms with van der Waals surface area (Å²) in [6, 6.07) is 0. The lowest BCUT2D eigenvalue weighted by Crippen LogP contribution is -2.17. The van der Waals surface area contributed by atoms with Gasteiger partial charge in [0.25, 0.3) is 0 Å². The molecule has 0 radical (unpaired) electrons. The predicted octanol–water partition coefficient (Wildman–Crippen LogP) is 1.94. The molecule has 0 aliphatic rings. The van der Waals surface area contributed by atoms with E-state index in [9.17, 15) is 9.36 Å². The van der Waals surface area contributed by atoms with E-state index >= 15 is 0 Å². The molecule has 82 valence electrons. The van der Waals surface area contributed by atoms with E-state index in [1.807, 2.05) is 0 Å². The quantitative estimate of drug-likeness (QED) is 0.404. The van der Waals surface area contributed by atoms with Crippen molar-refractivity contribution in [2.45, 2.75) is 19.7 Å². The fourth-order valence-corrected chi connectivity index (χ4v) is 1.66. The van der Waals surface area contributed by atoms with E-state index in [-0.39, 0.29) is 5.57 Å². The van der Waals surface area contributed by atoms with Gasteiger partial charge in [-0.1, -0.05) is 6.58 Å². The summed E-state index contributed by atoms with van der Waals surface area (Å²) < 4.78 is 25.8. The number of hydrogen-bond acceptors (Lipinski definition) is 5. The van der Waals surface area contributed by atoms with Crippen LogP contribution in [0.3, 0.4) is 0 Å². The minimum atomic E-state index is -3.35. The maximum absolute atomic E-state index is 11.7. The van der Waals surface area contributed by atoms with Crippen molar-refractivity contribution < 1.29 is 23.1 Å². The second-order valence-electron chi connectivity index (χ2n) is 2.69. The number of esters is 1. The molecule has 0 saturated carbocycles. The van der Waals surface area contributed by atoms with Crippen molar-refractivity contribution in [3.05, 3.63) is 12.2 Å². The number of carbonyl (C=O) groups excluding carboxylic acids is 1. The minimum absolute atomic E-state index is 0.232. The van der Waals surface area contributed by atoms with Crippen LogP contribution < -0.4 is 0 Å². The van der Waals surface area contributed by atoms with Crippen molar-refractivity contribution >= 4 is 13.6 Å². The van der Waals surface area contributed by atoms with E-state index in [1.165, 1.54) is 28.1 Å². The van der Waals surface area contributed by atoms with E-state index in [4.69, 9.17) is 4.74 Å². The third-order valence-electron chi connectivity index (χ3n) is 1.58. The molecular formula is C8H15O5P. The zero-order chi connectivity index (χ0) is 11.4. The first-order chi connectivity index (χ1) is 6.37. The summed E-state index contributed by atoms with van der Waals surface area (Å²) in [7, 11) is -0.887. The highest BCUT2D eigenvalue weighted by atomic mass is 31.2. The van der Waals surface area contributed by atoms with Gasteiger partial charge in [0.15, 0.2) is 5.85 Å². The summed E-state index contributed by atoms with van der Waals surface area (Å²) in [4.78, 5) is 11.1. The second-order valence-corrected chi connectivity index (χ2v) is 5.23. The maximum Gasteiger partial charge on any atom is 0.370 e. The Bertz CT molecular complexity index is 265. The van der Waals surface area contributed by atoms with E-state index in [0.717, 1.165) is 0 Å². The van der Waals surface area contributed by atoms with Crippen LogP contribution in [0.25, 0.3) is 0 Å². The molecule has 0 rings (SSSR count). The molecule has 6 heteroatoms. The summed E-state index contributed by atoms with van der Waals surface area (Å²) in [5, 5.41) is 0. The van der Waals surface area contributed by atoms with Gasteiger partial charge in [-0.3, -0.25) is 4.57 Å². The van der Waals surface area contributed by atoms with Gasteiger partial charge in [0.2, 0.25) is 0 Å². The topological polar surface area (TPSA) is 61.8 Å². The molecule has 0 heterocycles. The molecule has 14 heavy (non-hydrogen) atoms. The lowest BCUT2D eigenvalue weighted by molar-refractivity contribution is -0.140. The summed E-state index contributed by atoms with van der Waals surface area (Å²) in [5.41, 5.74) is 0.232. The van der Waals surface area contributed by atoms with E-state index < -0.39 is 19.4 Å². The maximum atomic E-state index is 11.7. The van der Waals surface area contributed by atoms with Gasteiger partial charge < -0.3 is 13.8 Å². The van der Waals surface area contributed by atoms with Gasteiger partial charge in [-0.15, -0.1) is 0 Å². The van der Waals surface area contributed by atoms with Crippen molar-refractivity contribution in [2.24, 2.45) is 0 Å². The Labute approximate surface area is 83.6 Å². The SMILES string of the molecule is C=C(C)C(=O)OC(C)P(=O)(OC)OC. The van der Waals surface area contributed by atoms with Gasteiger partial charge in [0.1, 0.15) is 0 Å². The number of hydrogen-bond donors (Lipinski definition) is 0. The average molecular weight is 222 g/mol. The van der Waals surface area contributed by atoms with Crippen LogP contribution in [0.5, 0.6) is 0 Å². The van der Waals surface area contributed by atoms with Crippen LogP contribution >= 0.6 is 7.60 Å². The zero-order valence-corrected chi connectivity index (χ0v) is 9.67. The van der Waals surface area contributed by atoms with Gasteiger partial charge in [0, 0.05) is 19.8 Å². The Balaban J connectivity index is 4.48. The van der Waals surface area contributed by atoms with Gasteiger partial charge in [-0.05, 0) is 13.8 Å². The molecule has 0 saturated heterocycles. The molecule has 5 nitrogen and oxygen atoms in total.